The van der Waals surface area contributed by atoms with Crippen molar-refractivity contribution in [1.29, 1.82) is 0 Å². The lowest BCUT2D eigenvalue weighted by atomic mass is 9.80. The molecule has 1 fully saturated rings. The maximum Gasteiger partial charge on any atom is 0.307 e. The van der Waals surface area contributed by atoms with Crippen LogP contribution in [0.25, 0.3) is 0 Å². The first-order valence-corrected chi connectivity index (χ1v) is 3.64. The zero-order valence-electron chi connectivity index (χ0n) is 6.13. The van der Waals surface area contributed by atoms with Crippen LogP contribution in [0.1, 0.15) is 26.2 Å². The fourth-order valence-corrected chi connectivity index (χ4v) is 1.20. The van der Waals surface area contributed by atoms with Gasteiger partial charge in [0.1, 0.15) is 0 Å². The zero-order chi connectivity index (χ0) is 7.56. The highest BCUT2D eigenvalue weighted by atomic mass is 16.4. The van der Waals surface area contributed by atoms with Crippen molar-refractivity contribution in [2.75, 3.05) is 0 Å². The fraction of sp³-hybridized carbons (Fsp3) is 0.625. The first kappa shape index (κ1) is 7.32. The molecule has 10 heavy (non-hydrogen) atoms. The van der Waals surface area contributed by atoms with Crippen LogP contribution in [0.3, 0.4) is 0 Å². The predicted octanol–water partition coefficient (Wildman–Crippen LogP) is 1.82. The van der Waals surface area contributed by atoms with Crippen LogP contribution in [-0.4, -0.2) is 11.1 Å². The molecule has 2 heteroatoms. The van der Waals surface area contributed by atoms with Crippen LogP contribution < -0.4 is 0 Å². The summed E-state index contributed by atoms with van der Waals surface area (Å²) in [7, 11) is 0. The number of rotatable bonds is 2. The topological polar surface area (TPSA) is 37.3 Å². The minimum Gasteiger partial charge on any atom is -0.481 e. The Bertz CT molecular complexity index is 162. The van der Waals surface area contributed by atoms with Gasteiger partial charge in [0.2, 0.25) is 0 Å². The van der Waals surface area contributed by atoms with E-state index in [4.69, 9.17) is 5.11 Å². The normalized spacial score (nSPS) is 23.7. The van der Waals surface area contributed by atoms with Gasteiger partial charge in [-0.2, -0.15) is 0 Å². The maximum absolute atomic E-state index is 10.3. The van der Waals surface area contributed by atoms with Crippen LogP contribution in [0, 0.1) is 5.92 Å². The summed E-state index contributed by atoms with van der Waals surface area (Å²) >= 11 is 0. The number of carboxylic acids is 1. The van der Waals surface area contributed by atoms with E-state index in [-0.39, 0.29) is 5.92 Å². The fourth-order valence-electron chi connectivity index (χ4n) is 1.20. The average molecular weight is 140 g/mol. The lowest BCUT2D eigenvalue weighted by molar-refractivity contribution is -0.143. The minimum atomic E-state index is -0.645. The van der Waals surface area contributed by atoms with Crippen LogP contribution in [0.5, 0.6) is 0 Å². The van der Waals surface area contributed by atoms with Gasteiger partial charge in [-0.1, -0.05) is 18.6 Å². The summed E-state index contributed by atoms with van der Waals surface area (Å²) in [6, 6.07) is 0. The molecule has 56 valence electrons. The van der Waals surface area contributed by atoms with Crippen molar-refractivity contribution in [3.63, 3.8) is 0 Å². The molecule has 1 saturated carbocycles. The summed E-state index contributed by atoms with van der Waals surface area (Å²) in [6.07, 6.45) is 4.72. The lowest BCUT2D eigenvalue weighted by Crippen LogP contribution is -2.23. The molecule has 0 aromatic carbocycles. The van der Waals surface area contributed by atoms with E-state index in [1.807, 2.05) is 0 Å². The SMILES string of the molecule is CCC=C1CC(C(=O)O)C1. The van der Waals surface area contributed by atoms with E-state index in [1.165, 1.54) is 5.57 Å². The summed E-state index contributed by atoms with van der Waals surface area (Å²) < 4.78 is 0. The van der Waals surface area contributed by atoms with Crippen molar-refractivity contribution in [3.8, 4) is 0 Å². The molecule has 0 aromatic rings. The molecule has 0 saturated heterocycles. The Balaban J connectivity index is 2.30. The molecule has 0 unspecified atom stereocenters. The molecular formula is C8H12O2. The number of carboxylic acid groups (broad SMARTS) is 1. The second kappa shape index (κ2) is 2.86. The Morgan fingerprint density at radius 2 is 2.40 bits per heavy atom. The molecular weight excluding hydrogens is 128 g/mol. The molecule has 0 aliphatic heterocycles. The van der Waals surface area contributed by atoms with Crippen molar-refractivity contribution in [2.45, 2.75) is 26.2 Å². The molecule has 0 amide bonds. The van der Waals surface area contributed by atoms with Crippen molar-refractivity contribution < 1.29 is 9.90 Å². The van der Waals surface area contributed by atoms with Crippen LogP contribution in [0.2, 0.25) is 0 Å². The van der Waals surface area contributed by atoms with E-state index in [9.17, 15) is 4.79 Å². The third-order valence-electron chi connectivity index (χ3n) is 1.86. The highest BCUT2D eigenvalue weighted by Gasteiger charge is 2.28. The van der Waals surface area contributed by atoms with E-state index in [1.54, 1.807) is 0 Å². The highest BCUT2D eigenvalue weighted by Crippen LogP contribution is 2.32. The van der Waals surface area contributed by atoms with Crippen molar-refractivity contribution in [3.05, 3.63) is 11.6 Å². The highest BCUT2D eigenvalue weighted by molar-refractivity contribution is 5.72. The molecule has 1 rings (SSSR count). The van der Waals surface area contributed by atoms with E-state index < -0.39 is 5.97 Å². The van der Waals surface area contributed by atoms with Crippen LogP contribution in [-0.2, 0) is 4.79 Å². The molecule has 0 atom stereocenters. The number of allylic oxidation sites excluding steroid dienone is 2. The Kier molecular flexibility index (Phi) is 2.10. The van der Waals surface area contributed by atoms with Gasteiger partial charge in [0, 0.05) is 0 Å². The van der Waals surface area contributed by atoms with E-state index in [2.05, 4.69) is 13.0 Å². The summed E-state index contributed by atoms with van der Waals surface area (Å²) in [5, 5.41) is 8.49. The van der Waals surface area contributed by atoms with Gasteiger partial charge in [-0.15, -0.1) is 0 Å². The van der Waals surface area contributed by atoms with Gasteiger partial charge in [-0.25, -0.2) is 0 Å². The number of carbonyl (C=O) groups is 1. The zero-order valence-corrected chi connectivity index (χ0v) is 6.13. The molecule has 0 bridgehead atoms. The first-order valence-electron chi connectivity index (χ1n) is 3.64. The van der Waals surface area contributed by atoms with E-state index in [0.29, 0.717) is 0 Å². The summed E-state index contributed by atoms with van der Waals surface area (Å²) in [4.78, 5) is 10.3. The van der Waals surface area contributed by atoms with Gasteiger partial charge >= 0.3 is 5.97 Å². The van der Waals surface area contributed by atoms with Crippen LogP contribution in [0.15, 0.2) is 11.6 Å². The molecule has 2 nitrogen and oxygen atoms in total. The maximum atomic E-state index is 10.3. The Morgan fingerprint density at radius 3 is 2.80 bits per heavy atom. The Morgan fingerprint density at radius 1 is 1.80 bits per heavy atom. The van der Waals surface area contributed by atoms with Crippen LogP contribution >= 0.6 is 0 Å². The average Bonchev–Trinajstić information content (AvgIpc) is 1.76. The third-order valence-corrected chi connectivity index (χ3v) is 1.86. The van der Waals surface area contributed by atoms with Gasteiger partial charge < -0.3 is 5.11 Å². The van der Waals surface area contributed by atoms with E-state index >= 15 is 0 Å². The van der Waals surface area contributed by atoms with Crippen molar-refractivity contribution in [1.82, 2.24) is 0 Å². The van der Waals surface area contributed by atoms with Crippen LogP contribution in [0.4, 0.5) is 0 Å². The predicted molar refractivity (Wildman–Crippen MR) is 38.7 cm³/mol. The largest absolute Gasteiger partial charge is 0.481 e. The Hall–Kier alpha value is -0.790. The van der Waals surface area contributed by atoms with Gasteiger partial charge in [-0.05, 0) is 19.3 Å². The smallest absolute Gasteiger partial charge is 0.307 e. The summed E-state index contributed by atoms with van der Waals surface area (Å²) in [5.41, 5.74) is 1.31. The molecule has 1 aliphatic rings. The number of aliphatic carboxylic acids is 1. The van der Waals surface area contributed by atoms with Gasteiger partial charge in [-0.3, -0.25) is 4.79 Å². The van der Waals surface area contributed by atoms with Crippen molar-refractivity contribution >= 4 is 5.97 Å². The molecule has 0 aromatic heterocycles. The van der Waals surface area contributed by atoms with Crippen molar-refractivity contribution in [2.24, 2.45) is 5.92 Å². The summed E-state index contributed by atoms with van der Waals surface area (Å²) in [6.45, 7) is 2.07. The Labute approximate surface area is 60.6 Å². The first-order chi connectivity index (χ1) is 4.74. The third kappa shape index (κ3) is 1.38. The quantitative estimate of drug-likeness (QED) is 0.594. The number of hydrogen-bond donors (Lipinski definition) is 1. The molecule has 1 N–H and O–H groups in total. The lowest BCUT2D eigenvalue weighted by Gasteiger charge is -2.25. The molecule has 0 heterocycles. The second-order valence-electron chi connectivity index (χ2n) is 2.71. The van der Waals surface area contributed by atoms with Gasteiger partial charge in [0.25, 0.3) is 0 Å². The standard InChI is InChI=1S/C8H12O2/c1-2-3-6-4-7(5-6)8(9)10/h3,7H,2,4-5H2,1H3,(H,9,10). The minimum absolute atomic E-state index is 0.0854. The van der Waals surface area contributed by atoms with Gasteiger partial charge in [0.15, 0.2) is 0 Å². The monoisotopic (exact) mass is 140 g/mol. The van der Waals surface area contributed by atoms with Gasteiger partial charge in [0.05, 0.1) is 5.92 Å². The molecule has 0 spiro atoms. The van der Waals surface area contributed by atoms with E-state index in [0.717, 1.165) is 19.3 Å². The second-order valence-corrected chi connectivity index (χ2v) is 2.71. The molecule has 0 radical (unpaired) electrons. The number of hydrogen-bond acceptors (Lipinski definition) is 1. The summed E-state index contributed by atoms with van der Waals surface area (Å²) in [5.74, 6) is -0.731. The molecule has 1 aliphatic carbocycles.